The number of likely N-dealkylation sites (tertiary alicyclic amines) is 1. The molecule has 1 aliphatic heterocycles. The maximum Gasteiger partial charge on any atom is 0.270 e. The largest absolute Gasteiger partial charge is 0.357 e. The minimum absolute atomic E-state index is 0. The third kappa shape index (κ3) is 3.48. The molecule has 1 amide bonds. The first-order valence-corrected chi connectivity index (χ1v) is 5.88. The summed E-state index contributed by atoms with van der Waals surface area (Å²) in [5.41, 5.74) is 0.699. The highest BCUT2D eigenvalue weighted by molar-refractivity contribution is 5.92. The van der Waals surface area contributed by atoms with E-state index >= 15 is 0 Å². The summed E-state index contributed by atoms with van der Waals surface area (Å²) in [4.78, 5) is 17.0. The van der Waals surface area contributed by atoms with Crippen molar-refractivity contribution in [2.24, 2.45) is 5.92 Å². The topological polar surface area (TPSA) is 48.1 Å². The van der Waals surface area contributed by atoms with Gasteiger partial charge in [0.05, 0.1) is 0 Å². The maximum atomic E-state index is 12.1. The van der Waals surface area contributed by atoms with Gasteiger partial charge in [0.2, 0.25) is 0 Å². The molecule has 1 fully saturated rings. The predicted molar refractivity (Wildman–Crippen MR) is 70.6 cm³/mol. The summed E-state index contributed by atoms with van der Waals surface area (Å²) in [6, 6.07) is 3.70. The van der Waals surface area contributed by atoms with Gasteiger partial charge in [0.15, 0.2) is 0 Å². The van der Waals surface area contributed by atoms with E-state index in [4.69, 9.17) is 0 Å². The molecular weight excluding hydrogens is 238 g/mol. The lowest BCUT2D eigenvalue weighted by atomic mass is 9.98. The van der Waals surface area contributed by atoms with Gasteiger partial charge in [0.25, 0.3) is 5.91 Å². The Morgan fingerprint density at radius 3 is 3.12 bits per heavy atom. The number of amides is 1. The molecule has 1 aromatic heterocycles. The van der Waals surface area contributed by atoms with Gasteiger partial charge in [-0.3, -0.25) is 4.79 Å². The number of nitrogens with one attached hydrogen (secondary N) is 2. The molecular formula is C12H20ClN3O. The molecule has 2 rings (SSSR count). The molecule has 0 aromatic carbocycles. The summed E-state index contributed by atoms with van der Waals surface area (Å²) >= 11 is 0. The fourth-order valence-corrected chi connectivity index (χ4v) is 2.34. The number of hydrogen-bond acceptors (Lipinski definition) is 2. The van der Waals surface area contributed by atoms with Crippen molar-refractivity contribution in [2.75, 3.05) is 26.7 Å². The van der Waals surface area contributed by atoms with Crippen LogP contribution in [0, 0.1) is 5.92 Å². The number of hydrogen-bond donors (Lipinski definition) is 2. The zero-order chi connectivity index (χ0) is 11.4. The zero-order valence-corrected chi connectivity index (χ0v) is 10.9. The Balaban J connectivity index is 0.00000144. The van der Waals surface area contributed by atoms with Gasteiger partial charge < -0.3 is 15.2 Å². The second-order valence-corrected chi connectivity index (χ2v) is 4.40. The van der Waals surface area contributed by atoms with E-state index in [-0.39, 0.29) is 18.3 Å². The summed E-state index contributed by atoms with van der Waals surface area (Å²) < 4.78 is 0. The van der Waals surface area contributed by atoms with Crippen LogP contribution in [0.2, 0.25) is 0 Å². The summed E-state index contributed by atoms with van der Waals surface area (Å²) in [6.45, 7) is 2.76. The van der Waals surface area contributed by atoms with Gasteiger partial charge in [-0.25, -0.2) is 0 Å². The maximum absolute atomic E-state index is 12.1. The second kappa shape index (κ2) is 6.67. The Labute approximate surface area is 108 Å². The lowest BCUT2D eigenvalue weighted by Crippen LogP contribution is -2.42. The molecule has 1 saturated heterocycles. The highest BCUT2D eigenvalue weighted by atomic mass is 35.5. The van der Waals surface area contributed by atoms with E-state index in [9.17, 15) is 4.79 Å². The summed E-state index contributed by atoms with van der Waals surface area (Å²) in [6.07, 6.45) is 4.12. The normalized spacial score (nSPS) is 19.8. The number of piperidine rings is 1. The molecule has 2 heterocycles. The van der Waals surface area contributed by atoms with Crippen LogP contribution in [0.5, 0.6) is 0 Å². The number of carbonyl (C=O) groups excluding carboxylic acids is 1. The molecule has 0 radical (unpaired) electrons. The highest BCUT2D eigenvalue weighted by Crippen LogP contribution is 2.17. The molecule has 1 aliphatic rings. The third-order valence-electron chi connectivity index (χ3n) is 3.13. The van der Waals surface area contributed by atoms with E-state index in [1.807, 2.05) is 24.1 Å². The Morgan fingerprint density at radius 1 is 1.65 bits per heavy atom. The van der Waals surface area contributed by atoms with E-state index in [0.717, 1.165) is 26.1 Å². The molecule has 96 valence electrons. The standard InChI is InChI=1S/C12H19N3O.ClH/c1-13-8-10-4-3-7-15(9-10)12(16)11-5-2-6-14-11;/h2,5-6,10,13-14H,3-4,7-9H2,1H3;1H. The van der Waals surface area contributed by atoms with Gasteiger partial charge in [0, 0.05) is 19.3 Å². The molecule has 0 aliphatic carbocycles. The molecule has 0 saturated carbocycles. The van der Waals surface area contributed by atoms with E-state index < -0.39 is 0 Å². The Bertz CT molecular complexity index is 338. The second-order valence-electron chi connectivity index (χ2n) is 4.40. The van der Waals surface area contributed by atoms with E-state index in [1.165, 1.54) is 6.42 Å². The van der Waals surface area contributed by atoms with Crippen LogP contribution in [0.4, 0.5) is 0 Å². The quantitative estimate of drug-likeness (QED) is 0.862. The number of aromatic nitrogens is 1. The van der Waals surface area contributed by atoms with Crippen LogP contribution in [0.25, 0.3) is 0 Å². The van der Waals surface area contributed by atoms with Crippen molar-refractivity contribution in [1.82, 2.24) is 15.2 Å². The van der Waals surface area contributed by atoms with Gasteiger partial charge in [-0.15, -0.1) is 12.4 Å². The minimum Gasteiger partial charge on any atom is -0.357 e. The first-order chi connectivity index (χ1) is 7.81. The molecule has 1 atom stereocenters. The Hall–Kier alpha value is -1.00. The highest BCUT2D eigenvalue weighted by Gasteiger charge is 2.24. The van der Waals surface area contributed by atoms with Crippen molar-refractivity contribution in [3.05, 3.63) is 24.0 Å². The zero-order valence-electron chi connectivity index (χ0n) is 10.1. The van der Waals surface area contributed by atoms with Crippen LogP contribution in [-0.2, 0) is 0 Å². The first kappa shape index (κ1) is 14.1. The molecule has 0 spiro atoms. The predicted octanol–water partition coefficient (Wildman–Crippen LogP) is 1.51. The molecule has 4 nitrogen and oxygen atoms in total. The Kier molecular flexibility index (Phi) is 5.51. The molecule has 2 N–H and O–H groups in total. The fraction of sp³-hybridized carbons (Fsp3) is 0.583. The minimum atomic E-state index is 0. The summed E-state index contributed by atoms with van der Waals surface area (Å²) in [5.74, 6) is 0.725. The molecule has 0 bridgehead atoms. The van der Waals surface area contributed by atoms with Crippen LogP contribution in [-0.4, -0.2) is 42.5 Å². The van der Waals surface area contributed by atoms with Crippen LogP contribution in [0.15, 0.2) is 18.3 Å². The SMILES string of the molecule is CNCC1CCCN(C(=O)c2ccc[nH]2)C1.Cl. The molecule has 1 unspecified atom stereocenters. The van der Waals surface area contributed by atoms with E-state index in [0.29, 0.717) is 11.6 Å². The van der Waals surface area contributed by atoms with Gasteiger partial charge in [-0.05, 0) is 44.5 Å². The lowest BCUT2D eigenvalue weighted by Gasteiger charge is -2.32. The van der Waals surface area contributed by atoms with Gasteiger partial charge in [0.1, 0.15) is 5.69 Å². The van der Waals surface area contributed by atoms with Crippen LogP contribution in [0.1, 0.15) is 23.3 Å². The monoisotopic (exact) mass is 257 g/mol. The number of carbonyl (C=O) groups is 1. The number of aromatic amines is 1. The van der Waals surface area contributed by atoms with Crippen molar-refractivity contribution in [3.63, 3.8) is 0 Å². The van der Waals surface area contributed by atoms with Crippen molar-refractivity contribution in [1.29, 1.82) is 0 Å². The van der Waals surface area contributed by atoms with Crippen molar-refractivity contribution in [3.8, 4) is 0 Å². The Morgan fingerprint density at radius 2 is 2.47 bits per heavy atom. The van der Waals surface area contributed by atoms with Gasteiger partial charge >= 0.3 is 0 Å². The van der Waals surface area contributed by atoms with Gasteiger partial charge in [-0.1, -0.05) is 0 Å². The number of H-pyrrole nitrogens is 1. The smallest absolute Gasteiger partial charge is 0.270 e. The number of rotatable bonds is 3. The third-order valence-corrected chi connectivity index (χ3v) is 3.13. The van der Waals surface area contributed by atoms with Gasteiger partial charge in [-0.2, -0.15) is 0 Å². The fourth-order valence-electron chi connectivity index (χ4n) is 2.34. The first-order valence-electron chi connectivity index (χ1n) is 5.88. The van der Waals surface area contributed by atoms with Crippen molar-refractivity contribution in [2.45, 2.75) is 12.8 Å². The van der Waals surface area contributed by atoms with E-state index in [1.54, 1.807) is 6.20 Å². The van der Waals surface area contributed by atoms with Crippen LogP contribution in [0.3, 0.4) is 0 Å². The van der Waals surface area contributed by atoms with Crippen molar-refractivity contribution >= 4 is 18.3 Å². The average molecular weight is 258 g/mol. The molecule has 17 heavy (non-hydrogen) atoms. The number of nitrogens with zero attached hydrogens (tertiary/aromatic N) is 1. The summed E-state index contributed by atoms with van der Waals surface area (Å²) in [7, 11) is 1.96. The summed E-state index contributed by atoms with van der Waals surface area (Å²) in [5, 5.41) is 3.19. The number of halogens is 1. The van der Waals surface area contributed by atoms with E-state index in [2.05, 4.69) is 10.3 Å². The van der Waals surface area contributed by atoms with Crippen LogP contribution >= 0.6 is 12.4 Å². The molecule has 1 aromatic rings. The molecule has 5 heteroatoms. The lowest BCUT2D eigenvalue weighted by molar-refractivity contribution is 0.0669. The average Bonchev–Trinajstić information content (AvgIpc) is 2.82. The van der Waals surface area contributed by atoms with Crippen molar-refractivity contribution < 1.29 is 4.79 Å². The van der Waals surface area contributed by atoms with Crippen LogP contribution < -0.4 is 5.32 Å².